The van der Waals surface area contributed by atoms with E-state index in [4.69, 9.17) is 4.74 Å². The number of nitrogens with zero attached hydrogens (tertiary/aromatic N) is 2. The zero-order chi connectivity index (χ0) is 38.8. The lowest BCUT2D eigenvalue weighted by atomic mass is 9.84. The summed E-state index contributed by atoms with van der Waals surface area (Å²) in [5.74, 6) is -2.01. The maximum Gasteiger partial charge on any atom is 0.408 e. The SMILES string of the molecule is CC(=O)N1CCCC[C@H](N(C)C(=O)[C@H](Cc2ccc(F)cc2)NC(=O)OC(C)(C)C)C(=O)NC(Cc2ccc(O)c(C(C)(C)C)c2)C(=O)NCCC1. The third-order valence-electron chi connectivity index (χ3n) is 8.91. The number of carbonyl (C=O) groups excluding carboxylic acids is 5. The number of ether oxygens (including phenoxy) is 1. The first-order chi connectivity index (χ1) is 24.2. The van der Waals surface area contributed by atoms with Crippen LogP contribution in [0.5, 0.6) is 5.75 Å². The van der Waals surface area contributed by atoms with Crippen LogP contribution in [0.1, 0.15) is 90.8 Å². The molecule has 1 fully saturated rings. The smallest absolute Gasteiger partial charge is 0.408 e. The number of hydrogen-bond donors (Lipinski definition) is 4. The van der Waals surface area contributed by atoms with Crippen LogP contribution in [0.2, 0.25) is 0 Å². The third kappa shape index (κ3) is 12.8. The third-order valence-corrected chi connectivity index (χ3v) is 8.91. The highest BCUT2D eigenvalue weighted by Gasteiger charge is 2.35. The summed E-state index contributed by atoms with van der Waals surface area (Å²) < 4.78 is 19.1. The minimum atomic E-state index is -1.17. The van der Waals surface area contributed by atoms with Crippen molar-refractivity contribution in [3.63, 3.8) is 0 Å². The van der Waals surface area contributed by atoms with Crippen molar-refractivity contribution in [3.05, 3.63) is 65.0 Å². The van der Waals surface area contributed by atoms with Gasteiger partial charge in [0, 0.05) is 46.4 Å². The minimum Gasteiger partial charge on any atom is -0.508 e. The van der Waals surface area contributed by atoms with Crippen molar-refractivity contribution in [2.24, 2.45) is 0 Å². The Bertz CT molecular complexity index is 1570. The molecule has 2 aromatic carbocycles. The standard InChI is InChI=1S/C39H56FN5O7/c1-25(46)45-20-10-9-12-32(44(8)36(50)31(43-37(51)52-39(5,6)7)23-26-13-16-28(40)17-14-26)35(49)42-30(34(48)41-19-11-21-45)24-27-15-18-33(47)29(22-27)38(2,3)4/h13-18,22,30-32,47H,9-12,19-21,23-24H2,1-8H3,(H,41,48)(H,42,49)(H,43,51)/t30?,31-,32-/m0/s1. The highest BCUT2D eigenvalue weighted by atomic mass is 19.1. The fourth-order valence-electron chi connectivity index (χ4n) is 6.10. The number of amides is 5. The lowest BCUT2D eigenvalue weighted by Gasteiger charge is -2.33. The second-order valence-corrected chi connectivity index (χ2v) is 15.5. The Kier molecular flexibility index (Phi) is 14.6. The van der Waals surface area contributed by atoms with Gasteiger partial charge in [-0.3, -0.25) is 19.2 Å². The van der Waals surface area contributed by atoms with Crippen LogP contribution in [-0.4, -0.2) is 95.0 Å². The van der Waals surface area contributed by atoms with E-state index in [9.17, 15) is 33.5 Å². The molecule has 5 amide bonds. The van der Waals surface area contributed by atoms with Crippen molar-refractivity contribution in [1.29, 1.82) is 0 Å². The average molecular weight is 726 g/mol. The molecule has 0 spiro atoms. The van der Waals surface area contributed by atoms with Gasteiger partial charge < -0.3 is 35.6 Å². The summed E-state index contributed by atoms with van der Waals surface area (Å²) in [6, 6.07) is 7.37. The summed E-state index contributed by atoms with van der Waals surface area (Å²) in [7, 11) is 1.47. The number of carbonyl (C=O) groups is 5. The van der Waals surface area contributed by atoms with Gasteiger partial charge in [0.2, 0.25) is 23.6 Å². The fraction of sp³-hybridized carbons (Fsp3) is 0.564. The maximum absolute atomic E-state index is 14.2. The van der Waals surface area contributed by atoms with Crippen LogP contribution in [0.3, 0.4) is 0 Å². The minimum absolute atomic E-state index is 0.00734. The Labute approximate surface area is 306 Å². The van der Waals surface area contributed by atoms with E-state index >= 15 is 0 Å². The molecule has 3 atom stereocenters. The van der Waals surface area contributed by atoms with E-state index < -0.39 is 53.4 Å². The van der Waals surface area contributed by atoms with Crippen LogP contribution in [-0.2, 0) is 42.2 Å². The van der Waals surface area contributed by atoms with Crippen LogP contribution < -0.4 is 16.0 Å². The zero-order valence-electron chi connectivity index (χ0n) is 31.8. The predicted molar refractivity (Wildman–Crippen MR) is 196 cm³/mol. The number of halogens is 1. The van der Waals surface area contributed by atoms with Crippen molar-refractivity contribution in [3.8, 4) is 5.75 Å². The van der Waals surface area contributed by atoms with Crippen LogP contribution in [0.15, 0.2) is 42.5 Å². The molecule has 52 heavy (non-hydrogen) atoms. The molecule has 1 heterocycles. The average Bonchev–Trinajstić information content (AvgIpc) is 3.04. The summed E-state index contributed by atoms with van der Waals surface area (Å²) in [4.78, 5) is 70.3. The van der Waals surface area contributed by atoms with Gasteiger partial charge in [0.15, 0.2) is 0 Å². The van der Waals surface area contributed by atoms with Crippen molar-refractivity contribution >= 4 is 29.7 Å². The molecule has 1 aliphatic rings. The molecular formula is C39H56FN5O7. The lowest BCUT2D eigenvalue weighted by molar-refractivity contribution is -0.141. The molecule has 0 aliphatic carbocycles. The molecule has 0 aromatic heterocycles. The van der Waals surface area contributed by atoms with E-state index in [-0.39, 0.29) is 42.9 Å². The molecule has 1 aliphatic heterocycles. The van der Waals surface area contributed by atoms with Gasteiger partial charge in [-0.2, -0.15) is 0 Å². The Hall–Kier alpha value is -4.68. The normalized spacial score (nSPS) is 18.7. The first-order valence-corrected chi connectivity index (χ1v) is 17.9. The summed E-state index contributed by atoms with van der Waals surface area (Å²) >= 11 is 0. The number of aromatic hydroxyl groups is 1. The van der Waals surface area contributed by atoms with Crippen molar-refractivity contribution in [2.45, 2.75) is 116 Å². The maximum atomic E-state index is 14.2. The Morgan fingerprint density at radius 1 is 0.981 bits per heavy atom. The highest BCUT2D eigenvalue weighted by molar-refractivity contribution is 5.94. The van der Waals surface area contributed by atoms with Gasteiger partial charge in [-0.25, -0.2) is 9.18 Å². The van der Waals surface area contributed by atoms with Gasteiger partial charge in [-0.1, -0.05) is 45.0 Å². The number of phenols is 1. The summed E-state index contributed by atoms with van der Waals surface area (Å²) in [5, 5.41) is 19.0. The molecule has 12 nitrogen and oxygen atoms in total. The molecule has 286 valence electrons. The number of likely N-dealkylation sites (N-methyl/N-ethyl adjacent to an activating group) is 1. The Morgan fingerprint density at radius 2 is 1.62 bits per heavy atom. The number of nitrogens with one attached hydrogen (secondary N) is 3. The number of alkyl carbamates (subject to hydrolysis) is 1. The molecule has 13 heteroatoms. The molecule has 0 saturated carbocycles. The summed E-state index contributed by atoms with van der Waals surface area (Å²) in [6.07, 6.45) is 1.05. The molecule has 2 aromatic rings. The second-order valence-electron chi connectivity index (χ2n) is 15.5. The highest BCUT2D eigenvalue weighted by Crippen LogP contribution is 2.31. The van der Waals surface area contributed by atoms with E-state index in [2.05, 4.69) is 16.0 Å². The lowest BCUT2D eigenvalue weighted by Crippen LogP contribution is -2.58. The summed E-state index contributed by atoms with van der Waals surface area (Å²) in [6.45, 7) is 13.6. The van der Waals surface area contributed by atoms with Crippen LogP contribution in [0.25, 0.3) is 0 Å². The Morgan fingerprint density at radius 3 is 2.23 bits per heavy atom. The van der Waals surface area contributed by atoms with Gasteiger partial charge in [0.25, 0.3) is 0 Å². The van der Waals surface area contributed by atoms with Gasteiger partial charge >= 0.3 is 6.09 Å². The largest absolute Gasteiger partial charge is 0.508 e. The van der Waals surface area contributed by atoms with Gasteiger partial charge in [-0.15, -0.1) is 0 Å². The zero-order valence-corrected chi connectivity index (χ0v) is 31.8. The van der Waals surface area contributed by atoms with Crippen LogP contribution in [0.4, 0.5) is 9.18 Å². The predicted octanol–water partition coefficient (Wildman–Crippen LogP) is 4.36. The van der Waals surface area contributed by atoms with E-state index in [1.54, 1.807) is 37.8 Å². The number of hydrogen-bond acceptors (Lipinski definition) is 7. The van der Waals surface area contributed by atoms with E-state index in [0.717, 1.165) is 0 Å². The van der Waals surface area contributed by atoms with Gasteiger partial charge in [0.1, 0.15) is 35.3 Å². The van der Waals surface area contributed by atoms with Crippen molar-refractivity contribution in [1.82, 2.24) is 25.8 Å². The number of phenolic OH excluding ortho intramolecular Hbond substituents is 1. The number of rotatable bonds is 7. The number of benzene rings is 2. The molecule has 3 rings (SSSR count). The topological polar surface area (TPSA) is 157 Å². The first kappa shape index (κ1) is 41.7. The monoisotopic (exact) mass is 725 g/mol. The van der Waals surface area contributed by atoms with Crippen molar-refractivity contribution < 1.29 is 38.2 Å². The molecule has 1 saturated heterocycles. The fourth-order valence-corrected chi connectivity index (χ4v) is 6.10. The van der Waals surface area contributed by atoms with E-state index in [1.807, 2.05) is 26.8 Å². The first-order valence-electron chi connectivity index (χ1n) is 17.9. The second kappa shape index (κ2) is 18.2. The quantitative estimate of drug-likeness (QED) is 0.331. The molecule has 4 N–H and O–H groups in total. The molecule has 0 bridgehead atoms. The van der Waals surface area contributed by atoms with Gasteiger partial charge in [-0.05, 0) is 86.8 Å². The van der Waals surface area contributed by atoms with E-state index in [0.29, 0.717) is 49.0 Å². The van der Waals surface area contributed by atoms with E-state index in [1.165, 1.54) is 43.1 Å². The van der Waals surface area contributed by atoms with Gasteiger partial charge in [0.05, 0.1) is 0 Å². The Balaban J connectivity index is 1.98. The van der Waals surface area contributed by atoms with Crippen molar-refractivity contribution in [2.75, 3.05) is 26.7 Å². The molecule has 1 unspecified atom stereocenters. The van der Waals surface area contributed by atoms with Crippen LogP contribution in [0, 0.1) is 5.82 Å². The molecule has 0 radical (unpaired) electrons. The summed E-state index contributed by atoms with van der Waals surface area (Å²) in [5.41, 5.74) is 0.746. The molecular weight excluding hydrogens is 669 g/mol. The van der Waals surface area contributed by atoms with Crippen LogP contribution >= 0.6 is 0 Å².